The molecule has 0 bridgehead atoms. The van der Waals surface area contributed by atoms with E-state index in [1.54, 1.807) is 0 Å². The Morgan fingerprint density at radius 3 is 2.06 bits per heavy atom. The van der Waals surface area contributed by atoms with Gasteiger partial charge in [-0.1, -0.05) is 48.5 Å². The molecule has 1 atom stereocenters. The van der Waals surface area contributed by atoms with Gasteiger partial charge in [0.2, 0.25) is 0 Å². The highest BCUT2D eigenvalue weighted by Crippen LogP contribution is 2.32. The van der Waals surface area contributed by atoms with Gasteiger partial charge < -0.3 is 16.4 Å². The topological polar surface area (TPSA) is 97.6 Å². The molecule has 2 aromatic carbocycles. The van der Waals surface area contributed by atoms with Crippen molar-refractivity contribution < 1.29 is 4.79 Å². The highest BCUT2D eigenvalue weighted by atomic mass is 16.2. The van der Waals surface area contributed by atoms with E-state index in [4.69, 9.17) is 11.5 Å². The number of hydrogen-bond donors (Lipinski definition) is 2. The predicted octanol–water partition coefficient (Wildman–Crippen LogP) is 4.44. The van der Waals surface area contributed by atoms with Crippen LogP contribution in [0, 0.1) is 11.8 Å². The quantitative estimate of drug-likeness (QED) is 0.358. The van der Waals surface area contributed by atoms with Crippen LogP contribution in [0.2, 0.25) is 0 Å². The molecule has 0 radical (unpaired) electrons. The summed E-state index contributed by atoms with van der Waals surface area (Å²) in [5.41, 5.74) is 14.1. The third-order valence-corrected chi connectivity index (χ3v) is 7.00. The number of nitrogens with zero attached hydrogens (tertiary/aromatic N) is 3. The Morgan fingerprint density at radius 1 is 0.857 bits per heavy atom. The molecule has 182 valence electrons. The number of benzene rings is 2. The van der Waals surface area contributed by atoms with Crippen molar-refractivity contribution in [3.8, 4) is 0 Å². The maximum atomic E-state index is 13.7. The van der Waals surface area contributed by atoms with Crippen molar-refractivity contribution in [2.24, 2.45) is 28.3 Å². The van der Waals surface area contributed by atoms with Crippen LogP contribution < -0.4 is 11.5 Å². The summed E-state index contributed by atoms with van der Waals surface area (Å²) in [6.07, 6.45) is 7.98. The number of nitrogens with two attached hydrogens (primary N) is 2. The maximum absolute atomic E-state index is 13.7. The van der Waals surface area contributed by atoms with Crippen molar-refractivity contribution in [2.45, 2.75) is 31.6 Å². The number of guanidine groups is 1. The molecule has 0 spiro atoms. The zero-order valence-electron chi connectivity index (χ0n) is 20.2. The average Bonchev–Trinajstić information content (AvgIpc) is 2.91. The van der Waals surface area contributed by atoms with Gasteiger partial charge >= 0.3 is 0 Å². The monoisotopic (exact) mass is 469 g/mol. The number of carbonyl (C=O) groups excluding carboxylic acids is 1. The van der Waals surface area contributed by atoms with Crippen LogP contribution in [0.25, 0.3) is 0 Å². The highest BCUT2D eigenvalue weighted by Gasteiger charge is 2.28. The first-order valence-electron chi connectivity index (χ1n) is 12.4. The number of aromatic nitrogens is 1. The number of aliphatic imine (C=N–C) groups is 1. The van der Waals surface area contributed by atoms with E-state index in [9.17, 15) is 4.79 Å². The lowest BCUT2D eigenvalue weighted by Crippen LogP contribution is -2.39. The summed E-state index contributed by atoms with van der Waals surface area (Å²) < 4.78 is 0. The minimum absolute atomic E-state index is 0.0741. The molecule has 1 aliphatic rings. The lowest BCUT2D eigenvalue weighted by atomic mass is 9.81. The first kappa shape index (κ1) is 24.5. The molecular formula is C29H35N5O. The van der Waals surface area contributed by atoms with Gasteiger partial charge in [0.1, 0.15) is 0 Å². The van der Waals surface area contributed by atoms with Gasteiger partial charge in [-0.15, -0.1) is 0 Å². The Kier molecular flexibility index (Phi) is 8.49. The molecule has 1 unspecified atom stereocenters. The largest absolute Gasteiger partial charge is 0.370 e. The fourth-order valence-electron chi connectivity index (χ4n) is 5.05. The van der Waals surface area contributed by atoms with E-state index < -0.39 is 0 Å². The van der Waals surface area contributed by atoms with Gasteiger partial charge in [0.25, 0.3) is 5.91 Å². The molecule has 6 heteroatoms. The standard InChI is InChI=1S/C29H35N5O/c30-29(31)33-19-22-11-13-23(14-12-22)20-34(28(35)26-9-5-2-6-10-26)21-27(24-7-3-1-4-8-24)25-15-17-32-18-16-25/h1-10,15-18,22-23,27H,11-14,19-21H2,(H4,30,31,33). The number of hydrogen-bond acceptors (Lipinski definition) is 3. The Balaban J connectivity index is 1.55. The molecular weight excluding hydrogens is 434 g/mol. The van der Waals surface area contributed by atoms with E-state index in [2.05, 4.69) is 51.3 Å². The lowest BCUT2D eigenvalue weighted by molar-refractivity contribution is 0.0700. The van der Waals surface area contributed by atoms with Crippen molar-refractivity contribution >= 4 is 11.9 Å². The van der Waals surface area contributed by atoms with Crippen molar-refractivity contribution in [2.75, 3.05) is 19.6 Å². The number of pyridine rings is 1. The molecule has 4 N–H and O–H groups in total. The highest BCUT2D eigenvalue weighted by molar-refractivity contribution is 5.94. The summed E-state index contributed by atoms with van der Waals surface area (Å²) in [6, 6.07) is 24.2. The van der Waals surface area contributed by atoms with Crippen LogP contribution in [-0.4, -0.2) is 41.4 Å². The molecule has 6 nitrogen and oxygen atoms in total. The fourth-order valence-corrected chi connectivity index (χ4v) is 5.05. The third kappa shape index (κ3) is 6.92. The number of amides is 1. The minimum Gasteiger partial charge on any atom is -0.370 e. The van der Waals surface area contributed by atoms with Crippen molar-refractivity contribution in [1.82, 2.24) is 9.88 Å². The van der Waals surface area contributed by atoms with Gasteiger partial charge in [0.05, 0.1) is 0 Å². The zero-order valence-corrected chi connectivity index (χ0v) is 20.2. The maximum Gasteiger partial charge on any atom is 0.253 e. The minimum atomic E-state index is 0.0741. The summed E-state index contributed by atoms with van der Waals surface area (Å²) >= 11 is 0. The lowest BCUT2D eigenvalue weighted by Gasteiger charge is -2.34. The van der Waals surface area contributed by atoms with Gasteiger partial charge in [-0.05, 0) is 72.9 Å². The molecule has 0 aliphatic heterocycles. The summed E-state index contributed by atoms with van der Waals surface area (Å²) in [5.74, 6) is 1.30. The molecule has 1 amide bonds. The van der Waals surface area contributed by atoms with Crippen molar-refractivity contribution in [1.29, 1.82) is 0 Å². The molecule has 0 saturated heterocycles. The second-order valence-electron chi connectivity index (χ2n) is 9.47. The first-order chi connectivity index (χ1) is 17.1. The Morgan fingerprint density at radius 2 is 1.43 bits per heavy atom. The first-order valence-corrected chi connectivity index (χ1v) is 12.4. The molecule has 3 aromatic rings. The molecule has 1 heterocycles. The predicted molar refractivity (Wildman–Crippen MR) is 141 cm³/mol. The molecule has 1 aliphatic carbocycles. The smallest absolute Gasteiger partial charge is 0.253 e. The molecule has 4 rings (SSSR count). The normalized spacial score (nSPS) is 18.4. The van der Waals surface area contributed by atoms with Crippen LogP contribution in [0.1, 0.15) is 53.1 Å². The van der Waals surface area contributed by atoms with Crippen molar-refractivity contribution in [3.63, 3.8) is 0 Å². The van der Waals surface area contributed by atoms with Gasteiger partial charge in [-0.25, -0.2) is 0 Å². The molecule has 1 saturated carbocycles. The van der Waals surface area contributed by atoms with Crippen LogP contribution in [0.5, 0.6) is 0 Å². The van der Waals surface area contributed by atoms with Crippen LogP contribution in [0.3, 0.4) is 0 Å². The number of rotatable bonds is 9. The van der Waals surface area contributed by atoms with E-state index in [1.807, 2.05) is 48.8 Å². The van der Waals surface area contributed by atoms with Gasteiger partial charge in [-0.2, -0.15) is 0 Å². The summed E-state index contributed by atoms with van der Waals surface area (Å²) in [6.45, 7) is 2.06. The van der Waals surface area contributed by atoms with E-state index in [0.717, 1.165) is 43.4 Å². The van der Waals surface area contributed by atoms with Gasteiger partial charge in [0, 0.05) is 43.5 Å². The molecule has 1 fully saturated rings. The van der Waals surface area contributed by atoms with Gasteiger partial charge in [0.15, 0.2) is 5.96 Å². The second-order valence-corrected chi connectivity index (χ2v) is 9.47. The average molecular weight is 470 g/mol. The fraction of sp³-hybridized carbons (Fsp3) is 0.345. The summed E-state index contributed by atoms with van der Waals surface area (Å²) in [7, 11) is 0. The van der Waals surface area contributed by atoms with Crippen LogP contribution in [-0.2, 0) is 0 Å². The Labute approximate surface area is 208 Å². The number of carbonyl (C=O) groups is 1. The van der Waals surface area contributed by atoms with Crippen LogP contribution in [0.4, 0.5) is 0 Å². The van der Waals surface area contributed by atoms with Crippen LogP contribution in [0.15, 0.2) is 90.2 Å². The SMILES string of the molecule is NC(N)=NCC1CCC(CN(CC(c2ccccc2)c2ccncc2)C(=O)c2ccccc2)CC1. The Hall–Kier alpha value is -3.67. The van der Waals surface area contributed by atoms with Gasteiger partial charge in [-0.3, -0.25) is 14.8 Å². The van der Waals surface area contributed by atoms with Crippen LogP contribution >= 0.6 is 0 Å². The van der Waals surface area contributed by atoms with Crippen molar-refractivity contribution in [3.05, 3.63) is 102 Å². The van der Waals surface area contributed by atoms with E-state index in [0.29, 0.717) is 24.9 Å². The molecule has 1 aromatic heterocycles. The summed E-state index contributed by atoms with van der Waals surface area (Å²) in [4.78, 5) is 24.2. The van der Waals surface area contributed by atoms with E-state index in [-0.39, 0.29) is 17.8 Å². The zero-order chi connectivity index (χ0) is 24.5. The summed E-state index contributed by atoms with van der Waals surface area (Å²) in [5, 5.41) is 0. The molecule has 35 heavy (non-hydrogen) atoms. The third-order valence-electron chi connectivity index (χ3n) is 7.00. The van der Waals surface area contributed by atoms with E-state index >= 15 is 0 Å². The second kappa shape index (κ2) is 12.2. The van der Waals surface area contributed by atoms with E-state index in [1.165, 1.54) is 5.56 Å². The Bertz CT molecular complexity index is 1040.